The van der Waals surface area contributed by atoms with Gasteiger partial charge in [-0.2, -0.15) is 0 Å². The Balaban J connectivity index is 1.68. The van der Waals surface area contributed by atoms with Crippen LogP contribution < -0.4 is 4.74 Å². The quantitative estimate of drug-likeness (QED) is 0.727. The maximum absolute atomic E-state index is 13.6. The molecule has 0 spiro atoms. The molecule has 6 heteroatoms. The summed E-state index contributed by atoms with van der Waals surface area (Å²) in [7, 11) is 0. The maximum Gasteiger partial charge on any atom is 0.168 e. The second-order valence-corrected chi connectivity index (χ2v) is 6.03. The van der Waals surface area contributed by atoms with Crippen molar-refractivity contribution in [3.8, 4) is 11.5 Å². The van der Waals surface area contributed by atoms with Crippen LogP contribution in [0.25, 0.3) is 0 Å². The minimum absolute atomic E-state index is 0.0546. The Labute approximate surface area is 144 Å². The lowest BCUT2D eigenvalue weighted by molar-refractivity contribution is 0.0430. The largest absolute Gasteiger partial charge is 0.454 e. The first kappa shape index (κ1) is 17.1. The van der Waals surface area contributed by atoms with Gasteiger partial charge in [0, 0.05) is 25.0 Å². The van der Waals surface area contributed by atoms with Gasteiger partial charge in [0.25, 0.3) is 0 Å². The Morgan fingerprint density at radius 3 is 2.56 bits per heavy atom. The number of nitrogens with zero attached hydrogens (tertiary/aromatic N) is 2. The number of aliphatic hydroxyl groups is 1. The van der Waals surface area contributed by atoms with E-state index in [1.165, 1.54) is 6.07 Å². The van der Waals surface area contributed by atoms with E-state index in [0.717, 1.165) is 17.7 Å². The molecule has 0 aliphatic carbocycles. The average Bonchev–Trinajstić information content (AvgIpc) is 3.10. The van der Waals surface area contributed by atoms with Crippen LogP contribution in [0, 0.1) is 11.6 Å². The second-order valence-electron chi connectivity index (χ2n) is 6.03. The highest BCUT2D eigenvalue weighted by atomic mass is 19.1. The molecule has 1 atom stereocenters. The first-order valence-corrected chi connectivity index (χ1v) is 7.86. The molecule has 25 heavy (non-hydrogen) atoms. The summed E-state index contributed by atoms with van der Waals surface area (Å²) in [6.07, 6.45) is 5.74. The minimum Gasteiger partial charge on any atom is -0.454 e. The van der Waals surface area contributed by atoms with Crippen molar-refractivity contribution in [3.05, 3.63) is 78.4 Å². The van der Waals surface area contributed by atoms with Crippen LogP contribution in [0.15, 0.2) is 61.2 Å². The van der Waals surface area contributed by atoms with Crippen molar-refractivity contribution in [2.75, 3.05) is 0 Å². The van der Waals surface area contributed by atoms with Crippen molar-refractivity contribution in [1.82, 2.24) is 9.55 Å². The molecule has 4 nitrogen and oxygen atoms in total. The van der Waals surface area contributed by atoms with Crippen molar-refractivity contribution in [2.45, 2.75) is 25.5 Å². The third-order valence-electron chi connectivity index (χ3n) is 4.01. The molecule has 0 saturated heterocycles. The number of ether oxygens (including phenoxy) is 1. The van der Waals surface area contributed by atoms with Gasteiger partial charge >= 0.3 is 0 Å². The highest BCUT2D eigenvalue weighted by Crippen LogP contribution is 2.29. The Bertz CT molecular complexity index is 831. The zero-order valence-electron chi connectivity index (χ0n) is 13.7. The van der Waals surface area contributed by atoms with Crippen LogP contribution in [0.5, 0.6) is 11.5 Å². The van der Waals surface area contributed by atoms with Crippen molar-refractivity contribution >= 4 is 0 Å². The van der Waals surface area contributed by atoms with Gasteiger partial charge in [0.15, 0.2) is 11.6 Å². The summed E-state index contributed by atoms with van der Waals surface area (Å²) in [5.74, 6) is -1.08. The van der Waals surface area contributed by atoms with E-state index in [9.17, 15) is 13.9 Å². The Morgan fingerprint density at radius 2 is 1.92 bits per heavy atom. The molecule has 1 N–H and O–H groups in total. The van der Waals surface area contributed by atoms with Gasteiger partial charge in [-0.3, -0.25) is 0 Å². The zero-order valence-corrected chi connectivity index (χ0v) is 13.7. The number of hydrogen-bond donors (Lipinski definition) is 1. The summed E-state index contributed by atoms with van der Waals surface area (Å²) >= 11 is 0. The molecule has 0 aliphatic rings. The highest BCUT2D eigenvalue weighted by molar-refractivity contribution is 5.35. The maximum atomic E-state index is 13.6. The first-order valence-electron chi connectivity index (χ1n) is 7.86. The number of halogens is 2. The summed E-state index contributed by atoms with van der Waals surface area (Å²) in [6.45, 7) is 2.37. The molecule has 0 saturated carbocycles. The fourth-order valence-electron chi connectivity index (χ4n) is 2.48. The molecular formula is C19H18F2N2O2. The summed E-state index contributed by atoms with van der Waals surface area (Å²) in [5.41, 5.74) is -0.302. The van der Waals surface area contributed by atoms with Gasteiger partial charge in [-0.1, -0.05) is 12.1 Å². The molecule has 3 rings (SSSR count). The van der Waals surface area contributed by atoms with E-state index in [0.29, 0.717) is 18.7 Å². The molecule has 0 bridgehead atoms. The van der Waals surface area contributed by atoms with Crippen molar-refractivity contribution in [3.63, 3.8) is 0 Å². The van der Waals surface area contributed by atoms with E-state index in [4.69, 9.17) is 4.74 Å². The van der Waals surface area contributed by atoms with Gasteiger partial charge in [0.2, 0.25) is 0 Å². The zero-order chi connectivity index (χ0) is 17.9. The minimum atomic E-state index is -1.02. The number of aromatic nitrogens is 2. The van der Waals surface area contributed by atoms with Crippen molar-refractivity contribution in [2.24, 2.45) is 0 Å². The smallest absolute Gasteiger partial charge is 0.168 e. The second kappa shape index (κ2) is 7.03. The molecule has 0 fully saturated rings. The van der Waals surface area contributed by atoms with Crippen LogP contribution in [0.3, 0.4) is 0 Å². The lowest BCUT2D eigenvalue weighted by atomic mass is 9.92. The van der Waals surface area contributed by atoms with Gasteiger partial charge in [0.1, 0.15) is 11.6 Å². The Hall–Kier alpha value is -2.73. The molecular weight excluding hydrogens is 326 g/mol. The van der Waals surface area contributed by atoms with Crippen LogP contribution >= 0.6 is 0 Å². The van der Waals surface area contributed by atoms with Gasteiger partial charge in [-0.15, -0.1) is 0 Å². The number of benzene rings is 2. The van der Waals surface area contributed by atoms with Gasteiger partial charge in [-0.25, -0.2) is 13.8 Å². The van der Waals surface area contributed by atoms with Gasteiger partial charge in [-0.05, 0) is 43.2 Å². The van der Waals surface area contributed by atoms with E-state index >= 15 is 0 Å². The van der Waals surface area contributed by atoms with Gasteiger partial charge in [0.05, 0.1) is 11.9 Å². The molecule has 0 aliphatic heterocycles. The summed E-state index contributed by atoms with van der Waals surface area (Å²) in [6, 6.07) is 9.88. The van der Waals surface area contributed by atoms with Crippen LogP contribution in [0.1, 0.15) is 18.9 Å². The predicted molar refractivity (Wildman–Crippen MR) is 89.3 cm³/mol. The molecule has 2 aromatic carbocycles. The molecule has 1 unspecified atom stereocenters. The van der Waals surface area contributed by atoms with Crippen LogP contribution in [0.4, 0.5) is 8.78 Å². The number of rotatable bonds is 6. The molecule has 0 amide bonds. The fraction of sp³-hybridized carbons (Fsp3) is 0.211. The van der Waals surface area contributed by atoms with E-state index < -0.39 is 17.2 Å². The molecule has 1 heterocycles. The average molecular weight is 344 g/mol. The van der Waals surface area contributed by atoms with E-state index in [1.54, 1.807) is 43.7 Å². The third kappa shape index (κ3) is 4.22. The third-order valence-corrected chi connectivity index (χ3v) is 4.01. The lowest BCUT2D eigenvalue weighted by Crippen LogP contribution is -2.23. The normalized spacial score (nSPS) is 13.4. The summed E-state index contributed by atoms with van der Waals surface area (Å²) < 4.78 is 33.9. The Morgan fingerprint density at radius 1 is 1.16 bits per heavy atom. The van der Waals surface area contributed by atoms with Crippen LogP contribution in [-0.4, -0.2) is 14.7 Å². The summed E-state index contributed by atoms with van der Waals surface area (Å²) in [5, 5.41) is 10.7. The molecule has 3 aromatic rings. The number of hydrogen-bond acceptors (Lipinski definition) is 3. The molecule has 1 aromatic heterocycles. The van der Waals surface area contributed by atoms with Crippen molar-refractivity contribution in [1.29, 1.82) is 0 Å². The van der Waals surface area contributed by atoms with Gasteiger partial charge < -0.3 is 14.4 Å². The first-order chi connectivity index (χ1) is 11.9. The van der Waals surface area contributed by atoms with Crippen LogP contribution in [-0.2, 0) is 12.1 Å². The van der Waals surface area contributed by atoms with Crippen LogP contribution in [0.2, 0.25) is 0 Å². The SMILES string of the molecule is CC(O)(CCn1ccnc1)c1ccc(Oc2ccc(F)cc2F)cc1. The lowest BCUT2D eigenvalue weighted by Gasteiger charge is -2.24. The molecule has 0 radical (unpaired) electrons. The van der Waals surface area contributed by atoms with E-state index in [1.807, 2.05) is 10.8 Å². The highest BCUT2D eigenvalue weighted by Gasteiger charge is 2.23. The monoisotopic (exact) mass is 344 g/mol. The molecule has 130 valence electrons. The number of aryl methyl sites for hydroxylation is 1. The topological polar surface area (TPSA) is 47.3 Å². The Kier molecular flexibility index (Phi) is 4.81. The standard InChI is InChI=1S/C19H18F2N2O2/c1-19(24,8-10-23-11-9-22-13-23)14-2-5-16(6-3-14)25-18-7-4-15(20)12-17(18)21/h2-7,9,11-13,24H,8,10H2,1H3. The van der Waals surface area contributed by atoms with E-state index in [2.05, 4.69) is 4.98 Å². The number of imidazole rings is 1. The summed E-state index contributed by atoms with van der Waals surface area (Å²) in [4.78, 5) is 3.97. The predicted octanol–water partition coefficient (Wildman–Crippen LogP) is 4.25. The fourth-order valence-corrected chi connectivity index (χ4v) is 2.48. The van der Waals surface area contributed by atoms with E-state index in [-0.39, 0.29) is 5.75 Å². The van der Waals surface area contributed by atoms with Crippen molar-refractivity contribution < 1.29 is 18.6 Å².